The minimum absolute atomic E-state index is 0.0439. The molecular formula is C13H17N3O3. The molecule has 1 amide bonds. The second-order valence-corrected chi connectivity index (χ2v) is 5.14. The van der Waals surface area contributed by atoms with E-state index in [-0.39, 0.29) is 11.8 Å². The Bertz CT molecular complexity index is 523. The molecular weight excluding hydrogens is 246 g/mol. The average molecular weight is 263 g/mol. The van der Waals surface area contributed by atoms with Gasteiger partial charge in [0.1, 0.15) is 0 Å². The summed E-state index contributed by atoms with van der Waals surface area (Å²) in [7, 11) is 0. The number of allylic oxidation sites excluding steroid dienone is 2. The molecule has 0 aliphatic heterocycles. The van der Waals surface area contributed by atoms with Gasteiger partial charge in [0.25, 0.3) is 0 Å². The van der Waals surface area contributed by atoms with Crippen LogP contribution in [0.3, 0.4) is 0 Å². The molecule has 1 aromatic heterocycles. The Labute approximate surface area is 111 Å². The third-order valence-corrected chi connectivity index (χ3v) is 3.32. The maximum atomic E-state index is 11.9. The number of nitrogens with zero attached hydrogens (tertiary/aromatic N) is 2. The number of carbonyl (C=O) groups is 2. The molecule has 102 valence electrons. The highest BCUT2D eigenvalue weighted by atomic mass is 16.4. The van der Waals surface area contributed by atoms with Crippen LogP contribution in [0.2, 0.25) is 0 Å². The number of rotatable bonds is 4. The van der Waals surface area contributed by atoms with Gasteiger partial charge in [0, 0.05) is 18.2 Å². The molecule has 1 aliphatic carbocycles. The lowest BCUT2D eigenvalue weighted by Crippen LogP contribution is -2.36. The molecule has 0 saturated heterocycles. The summed E-state index contributed by atoms with van der Waals surface area (Å²) in [6, 6.07) is 1.60. The summed E-state index contributed by atoms with van der Waals surface area (Å²) in [5.41, 5.74) is -1.14. The number of hydrogen-bond donors (Lipinski definition) is 2. The molecule has 0 aromatic carbocycles. The molecule has 0 bridgehead atoms. The highest BCUT2D eigenvalue weighted by Gasteiger charge is 2.30. The Balaban J connectivity index is 2.05. The van der Waals surface area contributed by atoms with Crippen LogP contribution in [-0.2, 0) is 15.1 Å². The minimum atomic E-state index is -1.14. The van der Waals surface area contributed by atoms with E-state index in [2.05, 4.69) is 10.4 Å². The van der Waals surface area contributed by atoms with Gasteiger partial charge in [0.05, 0.1) is 0 Å². The van der Waals surface area contributed by atoms with Gasteiger partial charge < -0.3 is 10.4 Å². The standard InChI is InChI=1S/C13H17N3O3/c1-13(2,12(18)19)16-8-7-10(15-16)14-11(17)9-5-3-4-6-9/h3-4,7-9H,5-6H2,1-2H3,(H,18,19)(H,14,15,17). The maximum Gasteiger partial charge on any atom is 0.331 e. The van der Waals surface area contributed by atoms with Crippen LogP contribution in [0, 0.1) is 5.92 Å². The summed E-state index contributed by atoms with van der Waals surface area (Å²) in [6.45, 7) is 3.10. The van der Waals surface area contributed by atoms with E-state index in [4.69, 9.17) is 5.11 Å². The number of hydrogen-bond acceptors (Lipinski definition) is 3. The predicted octanol–water partition coefficient (Wildman–Crippen LogP) is 1.61. The van der Waals surface area contributed by atoms with Crippen molar-refractivity contribution < 1.29 is 14.7 Å². The van der Waals surface area contributed by atoms with Crippen molar-refractivity contribution in [2.75, 3.05) is 5.32 Å². The summed E-state index contributed by atoms with van der Waals surface area (Å²) in [5.74, 6) is -0.722. The molecule has 6 nitrogen and oxygen atoms in total. The van der Waals surface area contributed by atoms with Crippen molar-refractivity contribution in [3.63, 3.8) is 0 Å². The Morgan fingerprint density at radius 3 is 2.63 bits per heavy atom. The van der Waals surface area contributed by atoms with Crippen LogP contribution in [0.4, 0.5) is 5.82 Å². The van der Waals surface area contributed by atoms with Crippen molar-refractivity contribution in [2.24, 2.45) is 5.92 Å². The lowest BCUT2D eigenvalue weighted by atomic mass is 10.1. The maximum absolute atomic E-state index is 11.9. The Morgan fingerprint density at radius 1 is 1.42 bits per heavy atom. The third-order valence-electron chi connectivity index (χ3n) is 3.32. The lowest BCUT2D eigenvalue weighted by molar-refractivity contribution is -0.146. The lowest BCUT2D eigenvalue weighted by Gasteiger charge is -2.19. The number of aliphatic carboxylic acids is 1. The Hall–Kier alpha value is -2.11. The van der Waals surface area contributed by atoms with Crippen LogP contribution >= 0.6 is 0 Å². The summed E-state index contributed by atoms with van der Waals surface area (Å²) >= 11 is 0. The quantitative estimate of drug-likeness (QED) is 0.808. The van der Waals surface area contributed by atoms with Crippen molar-refractivity contribution in [1.82, 2.24) is 9.78 Å². The molecule has 0 saturated carbocycles. The van der Waals surface area contributed by atoms with E-state index in [1.807, 2.05) is 12.2 Å². The predicted molar refractivity (Wildman–Crippen MR) is 69.7 cm³/mol. The highest BCUT2D eigenvalue weighted by Crippen LogP contribution is 2.20. The van der Waals surface area contributed by atoms with Crippen molar-refractivity contribution in [1.29, 1.82) is 0 Å². The molecule has 1 aromatic rings. The van der Waals surface area contributed by atoms with Gasteiger partial charge in [0.2, 0.25) is 5.91 Å². The second-order valence-electron chi connectivity index (χ2n) is 5.14. The normalized spacial score (nSPS) is 15.7. The van der Waals surface area contributed by atoms with Gasteiger partial charge in [-0.3, -0.25) is 9.48 Å². The second kappa shape index (κ2) is 4.87. The van der Waals surface area contributed by atoms with Crippen LogP contribution in [0.15, 0.2) is 24.4 Å². The first-order valence-electron chi connectivity index (χ1n) is 6.16. The van der Waals surface area contributed by atoms with E-state index in [9.17, 15) is 9.59 Å². The fourth-order valence-corrected chi connectivity index (χ4v) is 1.86. The summed E-state index contributed by atoms with van der Waals surface area (Å²) in [6.07, 6.45) is 7.00. The van der Waals surface area contributed by atoms with Gasteiger partial charge >= 0.3 is 5.97 Å². The minimum Gasteiger partial charge on any atom is -0.479 e. The molecule has 1 heterocycles. The highest BCUT2D eigenvalue weighted by molar-refractivity contribution is 5.92. The van der Waals surface area contributed by atoms with Gasteiger partial charge in [0.15, 0.2) is 11.4 Å². The molecule has 0 spiro atoms. The number of carboxylic acid groups (broad SMARTS) is 1. The van der Waals surface area contributed by atoms with Gasteiger partial charge in [-0.05, 0) is 26.7 Å². The van der Waals surface area contributed by atoms with Crippen LogP contribution in [0.5, 0.6) is 0 Å². The third kappa shape index (κ3) is 2.67. The van der Waals surface area contributed by atoms with E-state index in [1.54, 1.807) is 26.1 Å². The van der Waals surface area contributed by atoms with Crippen LogP contribution in [-0.4, -0.2) is 26.8 Å². The fourth-order valence-electron chi connectivity index (χ4n) is 1.86. The number of nitrogens with one attached hydrogen (secondary N) is 1. The molecule has 2 rings (SSSR count). The molecule has 1 aliphatic rings. The van der Waals surface area contributed by atoms with Crippen LogP contribution in [0.1, 0.15) is 26.7 Å². The first kappa shape index (κ1) is 13.3. The van der Waals surface area contributed by atoms with E-state index in [1.165, 1.54) is 4.68 Å². The Morgan fingerprint density at radius 2 is 2.05 bits per heavy atom. The molecule has 2 N–H and O–H groups in total. The van der Waals surface area contributed by atoms with Crippen LogP contribution in [0.25, 0.3) is 0 Å². The zero-order valence-corrected chi connectivity index (χ0v) is 11.0. The Kier molecular flexibility index (Phi) is 3.42. The van der Waals surface area contributed by atoms with Crippen molar-refractivity contribution in [3.05, 3.63) is 24.4 Å². The van der Waals surface area contributed by atoms with Crippen molar-refractivity contribution >= 4 is 17.7 Å². The van der Waals surface area contributed by atoms with Gasteiger partial charge in [-0.25, -0.2) is 4.79 Å². The fraction of sp³-hybridized carbons (Fsp3) is 0.462. The molecule has 0 atom stereocenters. The molecule has 0 radical (unpaired) electrons. The first-order valence-corrected chi connectivity index (χ1v) is 6.16. The van der Waals surface area contributed by atoms with Crippen LogP contribution < -0.4 is 5.32 Å². The SMILES string of the molecule is CC(C)(C(=O)O)n1ccc(NC(=O)C2CC=CC2)n1. The van der Waals surface area contributed by atoms with E-state index in [0.29, 0.717) is 5.82 Å². The summed E-state index contributed by atoms with van der Waals surface area (Å²) < 4.78 is 1.33. The smallest absolute Gasteiger partial charge is 0.331 e. The number of anilines is 1. The first-order chi connectivity index (χ1) is 8.91. The van der Waals surface area contributed by atoms with Gasteiger partial charge in [-0.1, -0.05) is 12.2 Å². The zero-order chi connectivity index (χ0) is 14.0. The van der Waals surface area contributed by atoms with E-state index < -0.39 is 11.5 Å². The number of amides is 1. The summed E-state index contributed by atoms with van der Waals surface area (Å²) in [4.78, 5) is 23.0. The topological polar surface area (TPSA) is 84.2 Å². The number of carbonyl (C=O) groups excluding carboxylic acids is 1. The van der Waals surface area contributed by atoms with Crippen molar-refractivity contribution in [3.8, 4) is 0 Å². The van der Waals surface area contributed by atoms with Gasteiger partial charge in [-0.2, -0.15) is 5.10 Å². The summed E-state index contributed by atoms with van der Waals surface area (Å²) in [5, 5.41) is 15.9. The van der Waals surface area contributed by atoms with E-state index in [0.717, 1.165) is 12.8 Å². The number of aromatic nitrogens is 2. The zero-order valence-electron chi connectivity index (χ0n) is 11.0. The van der Waals surface area contributed by atoms with Crippen molar-refractivity contribution in [2.45, 2.75) is 32.2 Å². The molecule has 19 heavy (non-hydrogen) atoms. The molecule has 0 fully saturated rings. The van der Waals surface area contributed by atoms with Gasteiger partial charge in [-0.15, -0.1) is 0 Å². The average Bonchev–Trinajstić information content (AvgIpc) is 2.99. The number of carboxylic acids is 1. The molecule has 0 unspecified atom stereocenters. The molecule has 6 heteroatoms. The monoisotopic (exact) mass is 263 g/mol. The van der Waals surface area contributed by atoms with E-state index >= 15 is 0 Å². The largest absolute Gasteiger partial charge is 0.479 e.